The maximum Gasteiger partial charge on any atom is 0.240 e. The lowest BCUT2D eigenvalue weighted by atomic mass is 9.91. The van der Waals surface area contributed by atoms with Gasteiger partial charge in [0, 0.05) is 30.8 Å². The zero-order valence-electron chi connectivity index (χ0n) is 9.52. The Hall–Kier alpha value is -0.260. The molecule has 1 saturated carbocycles. The molecule has 0 radical (unpaired) electrons. The molecule has 1 amide bonds. The molecule has 1 aliphatic heterocycles. The number of thioether (sulfide) groups is 1. The first kappa shape index (κ1) is 12.2. The first-order valence-corrected chi connectivity index (χ1v) is 7.21. The van der Waals surface area contributed by atoms with Gasteiger partial charge in [0.2, 0.25) is 5.91 Å². The van der Waals surface area contributed by atoms with Crippen molar-refractivity contribution in [3.8, 4) is 0 Å². The fourth-order valence-corrected chi connectivity index (χ4v) is 3.10. The summed E-state index contributed by atoms with van der Waals surface area (Å²) in [5.41, 5.74) is 0. The maximum absolute atomic E-state index is 12.3. The van der Waals surface area contributed by atoms with Gasteiger partial charge in [0.25, 0.3) is 0 Å². The predicted octanol–water partition coefficient (Wildman–Crippen LogP) is 0.412. The number of amides is 1. The monoisotopic (exact) mass is 244 g/mol. The van der Waals surface area contributed by atoms with Crippen LogP contribution in [-0.4, -0.2) is 52.8 Å². The van der Waals surface area contributed by atoms with Gasteiger partial charge < -0.3 is 10.0 Å². The lowest BCUT2D eigenvalue weighted by Crippen LogP contribution is -2.52. The first-order valence-electron chi connectivity index (χ1n) is 6.05. The molecule has 1 heterocycles. The summed E-state index contributed by atoms with van der Waals surface area (Å²) < 4.78 is 0. The van der Waals surface area contributed by atoms with E-state index in [2.05, 4.69) is 5.32 Å². The second kappa shape index (κ2) is 5.89. The summed E-state index contributed by atoms with van der Waals surface area (Å²) >= 11 is 1.78. The summed E-state index contributed by atoms with van der Waals surface area (Å²) in [6.45, 7) is 0.881. The van der Waals surface area contributed by atoms with E-state index in [4.69, 9.17) is 5.11 Å². The number of aliphatic hydroxyl groups is 1. The van der Waals surface area contributed by atoms with E-state index in [1.165, 1.54) is 6.42 Å². The highest BCUT2D eigenvalue weighted by molar-refractivity contribution is 7.99. The lowest BCUT2D eigenvalue weighted by Gasteiger charge is -2.38. The van der Waals surface area contributed by atoms with Gasteiger partial charge in [-0.15, -0.1) is 11.8 Å². The first-order chi connectivity index (χ1) is 7.83. The van der Waals surface area contributed by atoms with Crippen LogP contribution in [0.1, 0.15) is 25.7 Å². The van der Waals surface area contributed by atoms with E-state index >= 15 is 0 Å². The summed E-state index contributed by atoms with van der Waals surface area (Å²) in [6, 6.07) is 0.441. The van der Waals surface area contributed by atoms with E-state index in [9.17, 15) is 4.79 Å². The molecular weight excluding hydrogens is 224 g/mol. The summed E-state index contributed by atoms with van der Waals surface area (Å²) in [7, 11) is 0. The van der Waals surface area contributed by atoms with E-state index in [1.807, 2.05) is 4.90 Å². The second-order valence-corrected chi connectivity index (χ2v) is 5.50. The SMILES string of the molecule is O=C(C1CSCN1)N(CCCO)C1CCC1. The van der Waals surface area contributed by atoms with Crippen molar-refractivity contribution >= 4 is 17.7 Å². The molecule has 2 aliphatic rings. The Bertz CT molecular complexity index is 240. The van der Waals surface area contributed by atoms with Crippen LogP contribution in [0.4, 0.5) is 0 Å². The van der Waals surface area contributed by atoms with Gasteiger partial charge in [0.05, 0.1) is 6.04 Å². The van der Waals surface area contributed by atoms with Crippen LogP contribution in [0.25, 0.3) is 0 Å². The van der Waals surface area contributed by atoms with E-state index in [-0.39, 0.29) is 18.6 Å². The van der Waals surface area contributed by atoms with Crippen LogP contribution < -0.4 is 5.32 Å². The third-order valence-corrected chi connectivity index (χ3v) is 4.31. The maximum atomic E-state index is 12.3. The van der Waals surface area contributed by atoms with Crippen LogP contribution in [0.5, 0.6) is 0 Å². The molecule has 4 nitrogen and oxygen atoms in total. The number of aliphatic hydroxyl groups excluding tert-OH is 1. The molecule has 0 aromatic rings. The number of carbonyl (C=O) groups is 1. The van der Waals surface area contributed by atoms with Crippen LogP contribution in [0.2, 0.25) is 0 Å². The summed E-state index contributed by atoms with van der Waals surface area (Å²) in [5.74, 6) is 2.01. The predicted molar refractivity (Wildman–Crippen MR) is 65.3 cm³/mol. The van der Waals surface area contributed by atoms with Gasteiger partial charge in [-0.1, -0.05) is 0 Å². The molecule has 0 aromatic carbocycles. The van der Waals surface area contributed by atoms with Gasteiger partial charge >= 0.3 is 0 Å². The molecule has 5 heteroatoms. The molecule has 2 fully saturated rings. The van der Waals surface area contributed by atoms with E-state index in [0.29, 0.717) is 19.0 Å². The van der Waals surface area contributed by atoms with Crippen LogP contribution >= 0.6 is 11.8 Å². The van der Waals surface area contributed by atoms with Crippen LogP contribution in [0.15, 0.2) is 0 Å². The highest BCUT2D eigenvalue weighted by Crippen LogP contribution is 2.26. The number of rotatable bonds is 5. The number of hydrogen-bond acceptors (Lipinski definition) is 4. The van der Waals surface area contributed by atoms with Gasteiger partial charge in [-0.25, -0.2) is 0 Å². The molecule has 0 bridgehead atoms. The van der Waals surface area contributed by atoms with Crippen molar-refractivity contribution in [1.29, 1.82) is 0 Å². The van der Waals surface area contributed by atoms with E-state index in [0.717, 1.165) is 24.5 Å². The smallest absolute Gasteiger partial charge is 0.240 e. The highest BCUT2D eigenvalue weighted by atomic mass is 32.2. The minimum absolute atomic E-state index is 0.00397. The Balaban J connectivity index is 1.90. The van der Waals surface area contributed by atoms with Gasteiger partial charge in [-0.05, 0) is 25.7 Å². The van der Waals surface area contributed by atoms with Crippen molar-refractivity contribution in [2.24, 2.45) is 0 Å². The Labute approximate surface area is 101 Å². The molecule has 2 N–H and O–H groups in total. The molecule has 16 heavy (non-hydrogen) atoms. The Morgan fingerprint density at radius 3 is 2.81 bits per heavy atom. The topological polar surface area (TPSA) is 52.6 Å². The van der Waals surface area contributed by atoms with Crippen molar-refractivity contribution < 1.29 is 9.90 Å². The second-order valence-electron chi connectivity index (χ2n) is 4.47. The third-order valence-electron chi connectivity index (χ3n) is 3.37. The van der Waals surface area contributed by atoms with Crippen LogP contribution in [0, 0.1) is 0 Å². The molecule has 2 rings (SSSR count). The number of carbonyl (C=O) groups excluding carboxylic acids is 1. The fourth-order valence-electron chi connectivity index (χ4n) is 2.17. The average Bonchev–Trinajstić information content (AvgIpc) is 2.73. The molecule has 0 spiro atoms. The van der Waals surface area contributed by atoms with Crippen molar-refractivity contribution in [1.82, 2.24) is 10.2 Å². The third kappa shape index (κ3) is 2.70. The van der Waals surface area contributed by atoms with Crippen LogP contribution in [-0.2, 0) is 4.79 Å². The molecule has 1 atom stereocenters. The number of hydrogen-bond donors (Lipinski definition) is 2. The summed E-state index contributed by atoms with van der Waals surface area (Å²) in [5, 5.41) is 12.1. The number of nitrogens with zero attached hydrogens (tertiary/aromatic N) is 1. The molecule has 1 aliphatic carbocycles. The Kier molecular flexibility index (Phi) is 4.49. The molecular formula is C11H20N2O2S. The Morgan fingerprint density at radius 1 is 1.50 bits per heavy atom. The molecule has 1 unspecified atom stereocenters. The number of nitrogens with one attached hydrogen (secondary N) is 1. The standard InChI is InChI=1S/C11H20N2O2S/c14-6-2-5-13(9-3-1-4-9)11(15)10-7-16-8-12-10/h9-10,12,14H,1-8H2. The Morgan fingerprint density at radius 2 is 2.31 bits per heavy atom. The van der Waals surface area contributed by atoms with Crippen molar-refractivity contribution in [2.75, 3.05) is 24.8 Å². The van der Waals surface area contributed by atoms with Crippen LogP contribution in [0.3, 0.4) is 0 Å². The zero-order valence-corrected chi connectivity index (χ0v) is 10.3. The minimum Gasteiger partial charge on any atom is -0.396 e. The summed E-state index contributed by atoms with van der Waals surface area (Å²) in [4.78, 5) is 14.2. The highest BCUT2D eigenvalue weighted by Gasteiger charge is 2.33. The zero-order chi connectivity index (χ0) is 11.4. The van der Waals surface area contributed by atoms with E-state index < -0.39 is 0 Å². The fraction of sp³-hybridized carbons (Fsp3) is 0.909. The van der Waals surface area contributed by atoms with Gasteiger partial charge in [-0.2, -0.15) is 0 Å². The normalized spacial score (nSPS) is 25.4. The van der Waals surface area contributed by atoms with Gasteiger partial charge in [0.15, 0.2) is 0 Å². The molecule has 92 valence electrons. The quantitative estimate of drug-likeness (QED) is 0.735. The van der Waals surface area contributed by atoms with Crippen molar-refractivity contribution in [3.05, 3.63) is 0 Å². The average molecular weight is 244 g/mol. The van der Waals surface area contributed by atoms with E-state index in [1.54, 1.807) is 11.8 Å². The largest absolute Gasteiger partial charge is 0.396 e. The van der Waals surface area contributed by atoms with Crippen molar-refractivity contribution in [3.63, 3.8) is 0 Å². The molecule has 1 saturated heterocycles. The molecule has 0 aromatic heterocycles. The van der Waals surface area contributed by atoms with Gasteiger partial charge in [-0.3, -0.25) is 10.1 Å². The minimum atomic E-state index is 0.00397. The van der Waals surface area contributed by atoms with Gasteiger partial charge in [0.1, 0.15) is 0 Å². The summed E-state index contributed by atoms with van der Waals surface area (Å²) in [6.07, 6.45) is 4.20. The lowest BCUT2D eigenvalue weighted by molar-refractivity contribution is -0.136. The van der Waals surface area contributed by atoms with Crippen molar-refractivity contribution in [2.45, 2.75) is 37.8 Å².